The Morgan fingerprint density at radius 3 is 0.622 bits per heavy atom. The zero-order valence-electron chi connectivity index (χ0n) is 41.5. The van der Waals surface area contributed by atoms with Gasteiger partial charge in [-0.05, 0) is 190 Å². The van der Waals surface area contributed by atoms with Crippen LogP contribution in [0.1, 0.15) is 16.7 Å². The molecule has 0 heterocycles. The molecule has 14 heteroatoms. The lowest BCUT2D eigenvalue weighted by atomic mass is 10.1. The molecule has 378 valence electrons. The molecule has 9 rings (SSSR count). The third kappa shape index (κ3) is 13.7. The normalized spacial score (nSPS) is 11.2. The van der Waals surface area contributed by atoms with Crippen LogP contribution in [0.5, 0.6) is 40.2 Å². The van der Waals surface area contributed by atoms with Crippen LogP contribution in [-0.2, 0) is 29.5 Å². The van der Waals surface area contributed by atoms with E-state index >= 15 is 0 Å². The summed E-state index contributed by atoms with van der Waals surface area (Å²) in [5.74, 6) is 4.65. The molecule has 0 aromatic heterocycles. The SMILES string of the molecule is COc1ccc(-c2ccc(Oc3ccc(S(=O)(=O)c4ccc(C)cc4)cc3)cc2)cc1.COc1ccc(Oc2ccc(S(=O)(=O)c3ccc(C)cc3)cc2)cc1.COc1ccc(S(=O)(=O)c2ccc(C)cc2)cc1. The second kappa shape index (κ2) is 24.0. The van der Waals surface area contributed by atoms with Crippen molar-refractivity contribution in [1.29, 1.82) is 0 Å². The van der Waals surface area contributed by atoms with Crippen LogP contribution >= 0.6 is 0 Å². The standard InChI is InChI=1S/C26H22O4S.C20H18O4S.C14H14O3S/c1-19-3-15-25(16-4-19)31(27,28)26-17-13-24(14-18-26)30-23-11-7-21(8-12-23)20-5-9-22(29-2)10-6-20;1-15-3-11-19(12-4-15)25(21,22)20-13-9-18(10-14-20)24-17-7-5-16(23-2)6-8-17;1-11-3-7-13(8-4-11)18(15,16)14-9-5-12(17-2)6-10-14/h3-18H,1-2H3;3-14H,1-2H3;3-10H,1-2H3. The molecule has 0 fully saturated rings. The molecular weight excluding hydrogens is 993 g/mol. The van der Waals surface area contributed by atoms with E-state index < -0.39 is 29.5 Å². The van der Waals surface area contributed by atoms with Gasteiger partial charge >= 0.3 is 0 Å². The number of methoxy groups -OCH3 is 3. The number of aryl methyl sites for hydroxylation is 3. The Kier molecular flexibility index (Phi) is 17.4. The summed E-state index contributed by atoms with van der Waals surface area (Å²) in [5, 5.41) is 0. The maximum atomic E-state index is 12.8. The van der Waals surface area contributed by atoms with Gasteiger partial charge in [0.2, 0.25) is 29.5 Å². The Bertz CT molecular complexity index is 3590. The van der Waals surface area contributed by atoms with Crippen LogP contribution in [0.15, 0.2) is 248 Å². The topological polar surface area (TPSA) is 149 Å². The Morgan fingerprint density at radius 1 is 0.230 bits per heavy atom. The van der Waals surface area contributed by atoms with Gasteiger partial charge in [0.15, 0.2) is 0 Å². The highest BCUT2D eigenvalue weighted by molar-refractivity contribution is 7.92. The van der Waals surface area contributed by atoms with Crippen LogP contribution in [0.3, 0.4) is 0 Å². The highest BCUT2D eigenvalue weighted by Crippen LogP contribution is 2.31. The third-order valence-electron chi connectivity index (χ3n) is 11.4. The second-order valence-corrected chi connectivity index (χ2v) is 22.5. The van der Waals surface area contributed by atoms with Gasteiger partial charge in [-0.15, -0.1) is 0 Å². The van der Waals surface area contributed by atoms with Crippen molar-refractivity contribution < 1.29 is 48.9 Å². The van der Waals surface area contributed by atoms with E-state index in [2.05, 4.69) is 0 Å². The van der Waals surface area contributed by atoms with E-state index in [-0.39, 0.29) is 24.5 Å². The summed E-state index contributed by atoms with van der Waals surface area (Å²) < 4.78 is 102. The van der Waals surface area contributed by atoms with Crippen LogP contribution in [0.2, 0.25) is 0 Å². The van der Waals surface area contributed by atoms with Crippen LogP contribution in [0.4, 0.5) is 0 Å². The largest absolute Gasteiger partial charge is 0.497 e. The van der Waals surface area contributed by atoms with Crippen molar-refractivity contribution in [3.05, 3.63) is 235 Å². The first-order valence-electron chi connectivity index (χ1n) is 23.0. The van der Waals surface area contributed by atoms with Crippen molar-refractivity contribution >= 4 is 29.5 Å². The van der Waals surface area contributed by atoms with Gasteiger partial charge in [-0.25, -0.2) is 25.3 Å². The Balaban J connectivity index is 0.000000168. The van der Waals surface area contributed by atoms with E-state index in [1.807, 2.05) is 69.3 Å². The number of ether oxygens (including phenoxy) is 5. The van der Waals surface area contributed by atoms with Gasteiger partial charge in [-0.3, -0.25) is 0 Å². The minimum atomic E-state index is -3.55. The predicted octanol–water partition coefficient (Wildman–Crippen LogP) is 13.8. The summed E-state index contributed by atoms with van der Waals surface area (Å²) in [7, 11) is -5.72. The first-order chi connectivity index (χ1) is 35.5. The maximum absolute atomic E-state index is 12.8. The van der Waals surface area contributed by atoms with Crippen molar-refractivity contribution in [2.24, 2.45) is 0 Å². The fraction of sp³-hybridized carbons (Fsp3) is 0.100. The number of hydrogen-bond acceptors (Lipinski definition) is 11. The summed E-state index contributed by atoms with van der Waals surface area (Å²) in [5.41, 5.74) is 5.21. The molecule has 0 aliphatic heterocycles. The molecular formula is C60H54O11S3. The molecule has 0 unspecified atom stereocenters. The lowest BCUT2D eigenvalue weighted by Crippen LogP contribution is -2.01. The molecule has 0 aliphatic carbocycles. The van der Waals surface area contributed by atoms with E-state index in [0.29, 0.717) is 33.6 Å². The molecule has 0 bridgehead atoms. The Morgan fingerprint density at radius 2 is 0.392 bits per heavy atom. The summed E-state index contributed by atoms with van der Waals surface area (Å²) in [6, 6.07) is 62.4. The van der Waals surface area contributed by atoms with Gasteiger partial charge in [0, 0.05) is 0 Å². The quantitative estimate of drug-likeness (QED) is 0.102. The van der Waals surface area contributed by atoms with Crippen molar-refractivity contribution in [1.82, 2.24) is 0 Å². The summed E-state index contributed by atoms with van der Waals surface area (Å²) in [6.07, 6.45) is 0. The van der Waals surface area contributed by atoms with Crippen LogP contribution in [0, 0.1) is 20.8 Å². The Hall–Kier alpha value is -8.17. The molecule has 0 radical (unpaired) electrons. The van der Waals surface area contributed by atoms with E-state index in [0.717, 1.165) is 39.3 Å². The number of benzene rings is 9. The van der Waals surface area contributed by atoms with Crippen LogP contribution < -0.4 is 23.7 Å². The first-order valence-corrected chi connectivity index (χ1v) is 27.5. The fourth-order valence-corrected chi connectivity index (χ4v) is 10.9. The van der Waals surface area contributed by atoms with Crippen molar-refractivity contribution in [2.45, 2.75) is 50.1 Å². The van der Waals surface area contributed by atoms with Crippen molar-refractivity contribution in [3.63, 3.8) is 0 Å². The molecule has 0 atom stereocenters. The molecule has 0 N–H and O–H groups in total. The van der Waals surface area contributed by atoms with Gasteiger partial charge in [0.1, 0.15) is 40.2 Å². The second-order valence-electron chi connectivity index (χ2n) is 16.7. The fourth-order valence-electron chi connectivity index (χ4n) is 7.10. The summed E-state index contributed by atoms with van der Waals surface area (Å²) in [4.78, 5) is 1.60. The van der Waals surface area contributed by atoms with E-state index in [1.54, 1.807) is 191 Å². The minimum Gasteiger partial charge on any atom is -0.497 e. The number of hydrogen-bond donors (Lipinski definition) is 0. The number of sulfone groups is 3. The molecule has 74 heavy (non-hydrogen) atoms. The van der Waals surface area contributed by atoms with Crippen LogP contribution in [0.25, 0.3) is 11.1 Å². The molecule has 0 amide bonds. The van der Waals surface area contributed by atoms with Gasteiger partial charge in [0.25, 0.3) is 0 Å². The zero-order valence-corrected chi connectivity index (χ0v) is 43.9. The lowest BCUT2D eigenvalue weighted by molar-refractivity contribution is 0.413. The molecule has 0 saturated carbocycles. The predicted molar refractivity (Wildman–Crippen MR) is 287 cm³/mol. The molecule has 9 aromatic carbocycles. The molecule has 9 aromatic rings. The maximum Gasteiger partial charge on any atom is 0.206 e. The van der Waals surface area contributed by atoms with Gasteiger partial charge in [-0.1, -0.05) is 77.4 Å². The highest BCUT2D eigenvalue weighted by Gasteiger charge is 2.20. The van der Waals surface area contributed by atoms with Gasteiger partial charge in [-0.2, -0.15) is 0 Å². The van der Waals surface area contributed by atoms with Crippen molar-refractivity contribution in [3.8, 4) is 51.4 Å². The molecule has 0 spiro atoms. The Labute approximate surface area is 434 Å². The van der Waals surface area contributed by atoms with E-state index in [1.165, 1.54) is 0 Å². The zero-order chi connectivity index (χ0) is 52.9. The summed E-state index contributed by atoms with van der Waals surface area (Å²) in [6.45, 7) is 5.76. The average molecular weight is 1050 g/mol. The molecule has 11 nitrogen and oxygen atoms in total. The third-order valence-corrected chi connectivity index (χ3v) is 16.8. The highest BCUT2D eigenvalue weighted by atomic mass is 32.2. The first kappa shape index (κ1) is 53.6. The van der Waals surface area contributed by atoms with Crippen LogP contribution in [-0.4, -0.2) is 46.6 Å². The average Bonchev–Trinajstić information content (AvgIpc) is 3.42. The summed E-state index contributed by atoms with van der Waals surface area (Å²) >= 11 is 0. The monoisotopic (exact) mass is 1050 g/mol. The molecule has 0 saturated heterocycles. The smallest absolute Gasteiger partial charge is 0.206 e. The molecule has 0 aliphatic rings. The van der Waals surface area contributed by atoms with Gasteiger partial charge in [0.05, 0.1) is 50.7 Å². The van der Waals surface area contributed by atoms with E-state index in [9.17, 15) is 25.3 Å². The van der Waals surface area contributed by atoms with Gasteiger partial charge < -0.3 is 23.7 Å². The van der Waals surface area contributed by atoms with E-state index in [4.69, 9.17) is 23.7 Å². The minimum absolute atomic E-state index is 0.235. The van der Waals surface area contributed by atoms with Crippen molar-refractivity contribution in [2.75, 3.05) is 21.3 Å². The lowest BCUT2D eigenvalue weighted by Gasteiger charge is -2.09. The number of rotatable bonds is 14.